The molecule has 7 nitrogen and oxygen atoms in total. The Bertz CT molecular complexity index is 874. The lowest BCUT2D eigenvalue weighted by Crippen LogP contribution is -2.19. The number of carbonyl (C=O) groups excluding carboxylic acids is 2. The fraction of sp³-hybridized carbons (Fsp3) is 0.158. The Kier molecular flexibility index (Phi) is 7.13. The van der Waals surface area contributed by atoms with Gasteiger partial charge < -0.3 is 16.4 Å². The van der Waals surface area contributed by atoms with Gasteiger partial charge in [0.15, 0.2) is 11.0 Å². The van der Waals surface area contributed by atoms with E-state index in [0.717, 1.165) is 5.56 Å². The van der Waals surface area contributed by atoms with Gasteiger partial charge in [-0.1, -0.05) is 23.9 Å². The predicted octanol–water partition coefficient (Wildman–Crippen LogP) is 3.93. The minimum absolute atomic E-state index is 0.0215. The number of Topliss-reactive ketones (excluding diaryl/α,β-unsaturated/α-hetero) is 1. The number of hydrogen-bond acceptors (Lipinski definition) is 5. The van der Waals surface area contributed by atoms with Gasteiger partial charge in [0.25, 0.3) is 0 Å². The zero-order valence-corrected chi connectivity index (χ0v) is 16.1. The van der Waals surface area contributed by atoms with Gasteiger partial charge in [0.05, 0.1) is 5.71 Å². The number of anilines is 2. The largest absolute Gasteiger partial charge is 0.377 e. The van der Waals surface area contributed by atoms with Gasteiger partial charge in [-0.25, -0.2) is 4.79 Å². The third-order valence-electron chi connectivity index (χ3n) is 3.62. The molecule has 2 aromatic carbocycles. The van der Waals surface area contributed by atoms with Crippen molar-refractivity contribution in [1.29, 1.82) is 0 Å². The van der Waals surface area contributed by atoms with Crippen LogP contribution in [0, 0.1) is 0 Å². The normalized spacial score (nSPS) is 11.8. The van der Waals surface area contributed by atoms with Crippen LogP contribution in [0.4, 0.5) is 16.2 Å². The van der Waals surface area contributed by atoms with E-state index in [0.29, 0.717) is 27.8 Å². The van der Waals surface area contributed by atoms with E-state index in [4.69, 9.17) is 5.73 Å². The lowest BCUT2D eigenvalue weighted by Gasteiger charge is -2.08. The highest BCUT2D eigenvalue weighted by atomic mass is 32.2. The van der Waals surface area contributed by atoms with Crippen LogP contribution in [-0.4, -0.2) is 28.9 Å². The molecule has 8 heteroatoms. The van der Waals surface area contributed by atoms with Gasteiger partial charge >= 0.3 is 6.03 Å². The molecule has 2 aromatic rings. The van der Waals surface area contributed by atoms with Crippen LogP contribution in [0.5, 0.6) is 0 Å². The maximum absolute atomic E-state index is 12.1. The summed E-state index contributed by atoms with van der Waals surface area (Å²) in [6.07, 6.45) is 1.83. The SMILES string of the molecule is CSC(N)=N/N=C(/C)c1ccc(NC(=O)Nc2ccc(C(C)=O)cc2)cc1. The molecule has 0 aliphatic rings. The number of urea groups is 1. The van der Waals surface area contributed by atoms with E-state index in [9.17, 15) is 9.59 Å². The molecule has 0 aromatic heterocycles. The molecular weight excluding hydrogens is 362 g/mol. The van der Waals surface area contributed by atoms with Gasteiger partial charge in [0, 0.05) is 16.9 Å². The molecule has 0 unspecified atom stereocenters. The van der Waals surface area contributed by atoms with Crippen LogP contribution in [0.25, 0.3) is 0 Å². The lowest BCUT2D eigenvalue weighted by atomic mass is 10.1. The highest BCUT2D eigenvalue weighted by Crippen LogP contribution is 2.13. The van der Waals surface area contributed by atoms with E-state index in [1.54, 1.807) is 36.4 Å². The minimum atomic E-state index is -0.374. The number of amidine groups is 1. The maximum Gasteiger partial charge on any atom is 0.323 e. The molecule has 0 radical (unpaired) electrons. The van der Waals surface area contributed by atoms with E-state index in [1.807, 2.05) is 25.3 Å². The second-order valence-corrected chi connectivity index (χ2v) is 6.44. The second kappa shape index (κ2) is 9.54. The Hall–Kier alpha value is -3.13. The number of carbonyl (C=O) groups is 2. The summed E-state index contributed by atoms with van der Waals surface area (Å²) >= 11 is 1.32. The van der Waals surface area contributed by atoms with Crippen LogP contribution in [-0.2, 0) is 0 Å². The van der Waals surface area contributed by atoms with Gasteiger partial charge in [-0.3, -0.25) is 4.79 Å². The van der Waals surface area contributed by atoms with Crippen molar-refractivity contribution in [2.45, 2.75) is 13.8 Å². The van der Waals surface area contributed by atoms with Crippen LogP contribution >= 0.6 is 11.8 Å². The first-order valence-electron chi connectivity index (χ1n) is 8.10. The van der Waals surface area contributed by atoms with Gasteiger partial charge in [-0.2, -0.15) is 5.10 Å². The second-order valence-electron chi connectivity index (χ2n) is 5.62. The summed E-state index contributed by atoms with van der Waals surface area (Å²) in [6.45, 7) is 3.33. The number of nitrogens with two attached hydrogens (primary N) is 1. The molecule has 140 valence electrons. The van der Waals surface area contributed by atoms with Gasteiger partial charge in [0.1, 0.15) is 0 Å². The van der Waals surface area contributed by atoms with Crippen molar-refractivity contribution in [2.75, 3.05) is 16.9 Å². The fourth-order valence-electron chi connectivity index (χ4n) is 2.10. The topological polar surface area (TPSA) is 109 Å². The zero-order chi connectivity index (χ0) is 19.8. The Morgan fingerprint density at radius 3 is 1.78 bits per heavy atom. The van der Waals surface area contributed by atoms with E-state index in [2.05, 4.69) is 20.8 Å². The molecule has 0 aliphatic heterocycles. The van der Waals surface area contributed by atoms with E-state index >= 15 is 0 Å². The third kappa shape index (κ3) is 6.27. The van der Waals surface area contributed by atoms with Crippen molar-refractivity contribution in [3.63, 3.8) is 0 Å². The van der Waals surface area contributed by atoms with Crippen LogP contribution in [0.1, 0.15) is 29.8 Å². The van der Waals surface area contributed by atoms with Crippen LogP contribution in [0.2, 0.25) is 0 Å². The molecule has 0 saturated heterocycles. The van der Waals surface area contributed by atoms with E-state index < -0.39 is 0 Å². The van der Waals surface area contributed by atoms with Crippen LogP contribution in [0.15, 0.2) is 58.7 Å². The summed E-state index contributed by atoms with van der Waals surface area (Å²) in [5, 5.41) is 13.8. The molecule has 0 heterocycles. The number of ketones is 1. The summed E-state index contributed by atoms with van der Waals surface area (Å²) in [6, 6.07) is 13.5. The lowest BCUT2D eigenvalue weighted by molar-refractivity contribution is 0.101. The minimum Gasteiger partial charge on any atom is -0.377 e. The smallest absolute Gasteiger partial charge is 0.323 e. The van der Waals surface area contributed by atoms with Gasteiger partial charge in [0.2, 0.25) is 0 Å². The first kappa shape index (κ1) is 20.2. The third-order valence-corrected chi connectivity index (χ3v) is 4.12. The van der Waals surface area contributed by atoms with E-state index in [1.165, 1.54) is 18.7 Å². The number of amides is 2. The first-order valence-corrected chi connectivity index (χ1v) is 9.32. The molecule has 4 N–H and O–H groups in total. The molecule has 2 amide bonds. The Balaban J connectivity index is 1.97. The van der Waals surface area contributed by atoms with E-state index in [-0.39, 0.29) is 11.8 Å². The average Bonchev–Trinajstić information content (AvgIpc) is 2.66. The van der Waals surface area contributed by atoms with Gasteiger partial charge in [-0.15, -0.1) is 5.10 Å². The molecule has 0 fully saturated rings. The number of hydrogen-bond donors (Lipinski definition) is 3. The van der Waals surface area contributed by atoms with Crippen molar-refractivity contribution in [1.82, 2.24) is 0 Å². The molecule has 2 rings (SSSR count). The average molecular weight is 383 g/mol. The first-order chi connectivity index (χ1) is 12.9. The summed E-state index contributed by atoms with van der Waals surface area (Å²) in [4.78, 5) is 23.3. The molecule has 27 heavy (non-hydrogen) atoms. The molecule has 0 spiro atoms. The monoisotopic (exact) mass is 383 g/mol. The summed E-state index contributed by atoms with van der Waals surface area (Å²) in [5.74, 6) is -0.0215. The highest BCUT2D eigenvalue weighted by molar-refractivity contribution is 8.13. The van der Waals surface area contributed by atoms with Crippen molar-refractivity contribution in [3.8, 4) is 0 Å². The summed E-state index contributed by atoms with van der Waals surface area (Å²) < 4.78 is 0. The molecule has 0 aliphatic carbocycles. The fourth-order valence-corrected chi connectivity index (χ4v) is 2.22. The summed E-state index contributed by atoms with van der Waals surface area (Å²) in [5.41, 5.74) is 9.02. The quantitative estimate of drug-likeness (QED) is 0.314. The maximum atomic E-state index is 12.1. The molecule has 0 bridgehead atoms. The zero-order valence-electron chi connectivity index (χ0n) is 15.3. The molecular formula is C19H21N5O2S. The van der Waals surface area contributed by atoms with Crippen LogP contribution < -0.4 is 16.4 Å². The van der Waals surface area contributed by atoms with Crippen LogP contribution in [0.3, 0.4) is 0 Å². The predicted molar refractivity (Wildman–Crippen MR) is 113 cm³/mol. The number of benzene rings is 2. The van der Waals surface area contributed by atoms with Crippen molar-refractivity contribution in [2.24, 2.45) is 15.9 Å². The standard InChI is InChI=1S/C19H21N5O2S/c1-12(23-24-18(20)27-3)14-4-8-16(9-5-14)21-19(26)22-17-10-6-15(7-11-17)13(2)25/h4-11H,1-3H3,(H2,20,24)(H2,21,22,26)/b23-12-. The number of rotatable bonds is 5. The Labute approximate surface area is 162 Å². The number of nitrogens with one attached hydrogen (secondary N) is 2. The van der Waals surface area contributed by atoms with Crippen molar-refractivity contribution >= 4 is 45.8 Å². The highest BCUT2D eigenvalue weighted by Gasteiger charge is 2.05. The van der Waals surface area contributed by atoms with Crippen molar-refractivity contribution in [3.05, 3.63) is 59.7 Å². The molecule has 0 atom stereocenters. The molecule has 0 saturated carbocycles. The van der Waals surface area contributed by atoms with Crippen molar-refractivity contribution < 1.29 is 9.59 Å². The summed E-state index contributed by atoms with van der Waals surface area (Å²) in [7, 11) is 0. The van der Waals surface area contributed by atoms with Gasteiger partial charge in [-0.05, 0) is 62.1 Å². The number of nitrogens with zero attached hydrogens (tertiary/aromatic N) is 2. The number of thioether (sulfide) groups is 1. The Morgan fingerprint density at radius 2 is 1.33 bits per heavy atom. The Morgan fingerprint density at radius 1 is 0.852 bits per heavy atom.